The van der Waals surface area contributed by atoms with Crippen molar-refractivity contribution in [3.63, 3.8) is 0 Å². The molecule has 17 heavy (non-hydrogen) atoms. The van der Waals surface area contributed by atoms with E-state index in [1.54, 1.807) is 0 Å². The molecule has 0 spiro atoms. The van der Waals surface area contributed by atoms with Crippen LogP contribution in [0.1, 0.15) is 22.4 Å². The molecule has 0 radical (unpaired) electrons. The molecule has 90 valence electrons. The maximum Gasteiger partial charge on any atom is 0.0402 e. The summed E-state index contributed by atoms with van der Waals surface area (Å²) in [7, 11) is 0. The van der Waals surface area contributed by atoms with Crippen molar-refractivity contribution in [1.82, 2.24) is 4.98 Å². The normalized spacial score (nSPS) is 9.88. The van der Waals surface area contributed by atoms with Crippen LogP contribution < -0.4 is 0 Å². The molecule has 0 fully saturated rings. The zero-order valence-corrected chi connectivity index (χ0v) is 11.6. The van der Waals surface area contributed by atoms with Crippen LogP contribution in [0.25, 0.3) is 11.1 Å². The molecule has 2 rings (SSSR count). The molecule has 0 saturated heterocycles. The lowest BCUT2D eigenvalue weighted by Gasteiger charge is -2.07. The number of benzene rings is 1. The Balaban J connectivity index is 0.00000144. The summed E-state index contributed by atoms with van der Waals surface area (Å²) in [6.07, 6.45) is 1.95. The second kappa shape index (κ2) is 5.33. The molecule has 0 bridgehead atoms. The van der Waals surface area contributed by atoms with Crippen molar-refractivity contribution < 1.29 is 0 Å². The van der Waals surface area contributed by atoms with E-state index in [-0.39, 0.29) is 12.4 Å². The van der Waals surface area contributed by atoms with E-state index >= 15 is 0 Å². The van der Waals surface area contributed by atoms with Crippen molar-refractivity contribution in [1.29, 1.82) is 0 Å². The SMILES string of the molecule is Cc1ccc(-c2cnc(C)c(C)c2)cc1C.Cl. The molecule has 1 heterocycles. The van der Waals surface area contributed by atoms with Crippen LogP contribution in [0.4, 0.5) is 0 Å². The van der Waals surface area contributed by atoms with E-state index in [9.17, 15) is 0 Å². The van der Waals surface area contributed by atoms with Gasteiger partial charge in [0.2, 0.25) is 0 Å². The summed E-state index contributed by atoms with van der Waals surface area (Å²) < 4.78 is 0. The molecule has 1 aromatic carbocycles. The molecule has 1 aromatic heterocycles. The molecule has 0 unspecified atom stereocenters. The van der Waals surface area contributed by atoms with E-state index in [2.05, 4.69) is 50.0 Å². The monoisotopic (exact) mass is 247 g/mol. The molecule has 1 nitrogen and oxygen atoms in total. The summed E-state index contributed by atoms with van der Waals surface area (Å²) in [5.74, 6) is 0. The summed E-state index contributed by atoms with van der Waals surface area (Å²) in [6, 6.07) is 8.75. The third-order valence-electron chi connectivity index (χ3n) is 3.18. The molecule has 0 aliphatic heterocycles. The van der Waals surface area contributed by atoms with Crippen LogP contribution >= 0.6 is 12.4 Å². The maximum atomic E-state index is 4.41. The van der Waals surface area contributed by atoms with E-state index in [1.807, 2.05) is 13.1 Å². The van der Waals surface area contributed by atoms with Crippen molar-refractivity contribution in [2.24, 2.45) is 0 Å². The third kappa shape index (κ3) is 2.86. The number of aromatic nitrogens is 1. The Bertz CT molecular complexity index is 483. The fourth-order valence-electron chi connectivity index (χ4n) is 1.72. The lowest BCUT2D eigenvalue weighted by molar-refractivity contribution is 1.15. The van der Waals surface area contributed by atoms with E-state index in [0.29, 0.717) is 0 Å². The number of pyridine rings is 1. The number of halogens is 1. The fourth-order valence-corrected chi connectivity index (χ4v) is 1.72. The second-order valence-electron chi connectivity index (χ2n) is 4.43. The van der Waals surface area contributed by atoms with Gasteiger partial charge in [0.15, 0.2) is 0 Å². The van der Waals surface area contributed by atoms with Gasteiger partial charge in [-0.1, -0.05) is 18.2 Å². The zero-order valence-electron chi connectivity index (χ0n) is 10.7. The minimum atomic E-state index is 0. The van der Waals surface area contributed by atoms with E-state index in [0.717, 1.165) is 5.69 Å². The summed E-state index contributed by atoms with van der Waals surface area (Å²) in [6.45, 7) is 8.43. The molecule has 0 aliphatic carbocycles. The predicted octanol–water partition coefficient (Wildman–Crippen LogP) is 4.40. The molecule has 2 heteroatoms. The average molecular weight is 248 g/mol. The number of rotatable bonds is 1. The van der Waals surface area contributed by atoms with Crippen LogP contribution in [0.3, 0.4) is 0 Å². The highest BCUT2D eigenvalue weighted by Crippen LogP contribution is 2.22. The number of hydrogen-bond acceptors (Lipinski definition) is 1. The van der Waals surface area contributed by atoms with Crippen LogP contribution in [-0.4, -0.2) is 4.98 Å². The molecule has 0 saturated carbocycles. The standard InChI is InChI=1S/C15H17N.ClH/c1-10-5-6-14(7-11(10)2)15-8-12(3)13(4)16-9-15;/h5-9H,1-4H3;1H. The van der Waals surface area contributed by atoms with Gasteiger partial charge in [0.1, 0.15) is 0 Å². The van der Waals surface area contributed by atoms with E-state index in [4.69, 9.17) is 0 Å². The molecule has 0 aliphatic rings. The fraction of sp³-hybridized carbons (Fsp3) is 0.267. The van der Waals surface area contributed by atoms with Crippen molar-refractivity contribution in [2.75, 3.05) is 0 Å². The third-order valence-corrected chi connectivity index (χ3v) is 3.18. The van der Waals surface area contributed by atoms with Gasteiger partial charge in [-0.3, -0.25) is 4.98 Å². The lowest BCUT2D eigenvalue weighted by Crippen LogP contribution is -1.89. The van der Waals surface area contributed by atoms with Gasteiger partial charge >= 0.3 is 0 Å². The largest absolute Gasteiger partial charge is 0.261 e. The molecular formula is C15H18ClN. The number of nitrogens with zero attached hydrogens (tertiary/aromatic N) is 1. The second-order valence-corrected chi connectivity index (χ2v) is 4.43. The van der Waals surface area contributed by atoms with Gasteiger partial charge in [-0.15, -0.1) is 12.4 Å². The average Bonchev–Trinajstić information content (AvgIpc) is 2.26. The first-order chi connectivity index (χ1) is 7.58. The highest BCUT2D eigenvalue weighted by atomic mass is 35.5. The Labute approximate surface area is 109 Å². The molecule has 2 aromatic rings. The summed E-state index contributed by atoms with van der Waals surface area (Å²) in [5, 5.41) is 0. The van der Waals surface area contributed by atoms with E-state index < -0.39 is 0 Å². The molecular weight excluding hydrogens is 230 g/mol. The van der Waals surface area contributed by atoms with Gasteiger partial charge in [0, 0.05) is 17.5 Å². The Morgan fingerprint density at radius 1 is 0.765 bits per heavy atom. The lowest BCUT2D eigenvalue weighted by atomic mass is 10.0. The minimum Gasteiger partial charge on any atom is -0.261 e. The van der Waals surface area contributed by atoms with Crippen molar-refractivity contribution in [2.45, 2.75) is 27.7 Å². The Hall–Kier alpha value is -1.34. The first kappa shape index (κ1) is 13.7. The van der Waals surface area contributed by atoms with Gasteiger partial charge in [-0.05, 0) is 56.0 Å². The Morgan fingerprint density at radius 3 is 2.00 bits per heavy atom. The van der Waals surface area contributed by atoms with Crippen LogP contribution in [0.15, 0.2) is 30.5 Å². The van der Waals surface area contributed by atoms with Crippen LogP contribution in [0.5, 0.6) is 0 Å². The van der Waals surface area contributed by atoms with Crippen LogP contribution in [-0.2, 0) is 0 Å². The zero-order chi connectivity index (χ0) is 11.7. The van der Waals surface area contributed by atoms with Gasteiger partial charge < -0.3 is 0 Å². The van der Waals surface area contributed by atoms with Gasteiger partial charge in [0.25, 0.3) is 0 Å². The van der Waals surface area contributed by atoms with Crippen molar-refractivity contribution >= 4 is 12.4 Å². The topological polar surface area (TPSA) is 12.9 Å². The van der Waals surface area contributed by atoms with Gasteiger partial charge in [0.05, 0.1) is 0 Å². The molecule has 0 amide bonds. The van der Waals surface area contributed by atoms with Gasteiger partial charge in [-0.2, -0.15) is 0 Å². The maximum absolute atomic E-state index is 4.41. The molecule has 0 N–H and O–H groups in total. The summed E-state index contributed by atoms with van der Waals surface area (Å²) in [5.41, 5.74) is 7.46. The van der Waals surface area contributed by atoms with Crippen molar-refractivity contribution in [3.05, 3.63) is 52.8 Å². The number of hydrogen-bond donors (Lipinski definition) is 0. The summed E-state index contributed by atoms with van der Waals surface area (Å²) >= 11 is 0. The van der Waals surface area contributed by atoms with Crippen LogP contribution in [0.2, 0.25) is 0 Å². The predicted molar refractivity (Wildman–Crippen MR) is 75.9 cm³/mol. The minimum absolute atomic E-state index is 0. The highest BCUT2D eigenvalue weighted by Gasteiger charge is 2.02. The Morgan fingerprint density at radius 2 is 1.41 bits per heavy atom. The molecule has 0 atom stereocenters. The highest BCUT2D eigenvalue weighted by molar-refractivity contribution is 5.85. The van der Waals surface area contributed by atoms with Crippen molar-refractivity contribution in [3.8, 4) is 11.1 Å². The first-order valence-electron chi connectivity index (χ1n) is 5.59. The smallest absolute Gasteiger partial charge is 0.0402 e. The first-order valence-corrected chi connectivity index (χ1v) is 5.59. The quantitative estimate of drug-likeness (QED) is 0.728. The Kier molecular flexibility index (Phi) is 4.30. The van der Waals surface area contributed by atoms with Gasteiger partial charge in [-0.25, -0.2) is 0 Å². The summed E-state index contributed by atoms with van der Waals surface area (Å²) in [4.78, 5) is 4.41. The number of aryl methyl sites for hydroxylation is 4. The van der Waals surface area contributed by atoms with Crippen LogP contribution in [0, 0.1) is 27.7 Å². The van der Waals surface area contributed by atoms with E-state index in [1.165, 1.54) is 27.8 Å².